The van der Waals surface area contributed by atoms with Crippen molar-refractivity contribution in [3.8, 4) is 0 Å². The third-order valence-electron chi connectivity index (χ3n) is 2.28. The zero-order chi connectivity index (χ0) is 11.7. The summed E-state index contributed by atoms with van der Waals surface area (Å²) in [7, 11) is 1.64. The molecule has 1 fully saturated rings. The summed E-state index contributed by atoms with van der Waals surface area (Å²) in [6.07, 6.45) is 0. The van der Waals surface area contributed by atoms with Crippen LogP contribution in [0.2, 0.25) is 0 Å². The van der Waals surface area contributed by atoms with Crippen molar-refractivity contribution < 1.29 is 9.59 Å². The van der Waals surface area contributed by atoms with Crippen molar-refractivity contribution in [3.05, 3.63) is 5.82 Å². The molecule has 0 aliphatic carbocycles. The van der Waals surface area contributed by atoms with E-state index in [0.717, 1.165) is 0 Å². The maximum atomic E-state index is 11.7. The molecule has 8 heteroatoms. The van der Waals surface area contributed by atoms with Crippen molar-refractivity contribution >= 4 is 11.8 Å². The number of aryl methyl sites for hydroxylation is 1. The number of amides is 2. The lowest BCUT2D eigenvalue weighted by molar-refractivity contribution is -0.144. The maximum Gasteiger partial charge on any atom is 0.245 e. The highest BCUT2D eigenvalue weighted by molar-refractivity contribution is 5.94. The van der Waals surface area contributed by atoms with E-state index in [4.69, 9.17) is 0 Å². The second-order valence-electron chi connectivity index (χ2n) is 3.68. The van der Waals surface area contributed by atoms with Gasteiger partial charge in [0.25, 0.3) is 0 Å². The minimum absolute atomic E-state index is 0.0431. The van der Waals surface area contributed by atoms with Crippen LogP contribution in [-0.2, 0) is 23.2 Å². The molecule has 0 aromatic carbocycles. The van der Waals surface area contributed by atoms with E-state index < -0.39 is 6.04 Å². The predicted molar refractivity (Wildman–Crippen MR) is 51.8 cm³/mol. The summed E-state index contributed by atoms with van der Waals surface area (Å²) in [5.41, 5.74) is 0. The Morgan fingerprint density at radius 1 is 1.50 bits per heavy atom. The summed E-state index contributed by atoms with van der Waals surface area (Å²) in [5.74, 6) is 0.126. The number of hydrogen-bond donors (Lipinski definition) is 1. The van der Waals surface area contributed by atoms with Crippen molar-refractivity contribution in [1.82, 2.24) is 30.4 Å². The van der Waals surface area contributed by atoms with E-state index in [1.807, 2.05) is 0 Å². The van der Waals surface area contributed by atoms with E-state index in [0.29, 0.717) is 5.82 Å². The molecule has 1 aliphatic heterocycles. The molecule has 0 saturated carbocycles. The summed E-state index contributed by atoms with van der Waals surface area (Å²) in [4.78, 5) is 25.7. The molecule has 1 aromatic heterocycles. The first-order valence-corrected chi connectivity index (χ1v) is 4.87. The standard InChI is InChI=1S/C8H12N6O2/c1-5-8(16)14(4-7(15)9-5)3-6-10-12-13(2)11-6/h5H,3-4H2,1-2H3,(H,9,15). The normalized spacial score (nSPS) is 21.1. The summed E-state index contributed by atoms with van der Waals surface area (Å²) in [6.45, 7) is 1.91. The first-order valence-electron chi connectivity index (χ1n) is 4.87. The SMILES string of the molecule is CC1NC(=O)CN(Cc2nnn(C)n2)C1=O. The number of hydrogen-bond acceptors (Lipinski definition) is 5. The minimum atomic E-state index is -0.488. The highest BCUT2D eigenvalue weighted by atomic mass is 16.2. The van der Waals surface area contributed by atoms with Crippen molar-refractivity contribution in [3.63, 3.8) is 0 Å². The number of tetrazole rings is 1. The Kier molecular flexibility index (Phi) is 2.55. The number of nitrogens with one attached hydrogen (secondary N) is 1. The summed E-state index contributed by atoms with van der Waals surface area (Å²) in [5, 5.41) is 13.9. The van der Waals surface area contributed by atoms with Crippen molar-refractivity contribution in [1.29, 1.82) is 0 Å². The fourth-order valence-corrected chi connectivity index (χ4v) is 1.57. The Morgan fingerprint density at radius 3 is 2.88 bits per heavy atom. The molecule has 1 atom stereocenters. The van der Waals surface area contributed by atoms with Crippen LogP contribution >= 0.6 is 0 Å². The van der Waals surface area contributed by atoms with Crippen LogP contribution in [0.3, 0.4) is 0 Å². The monoisotopic (exact) mass is 224 g/mol. The molecule has 2 amide bonds. The number of carbonyl (C=O) groups excluding carboxylic acids is 2. The summed E-state index contributed by atoms with van der Waals surface area (Å²) < 4.78 is 0. The minimum Gasteiger partial charge on any atom is -0.343 e. The van der Waals surface area contributed by atoms with Crippen molar-refractivity contribution in [2.45, 2.75) is 19.5 Å². The number of piperazine rings is 1. The maximum absolute atomic E-state index is 11.7. The zero-order valence-electron chi connectivity index (χ0n) is 9.04. The first kappa shape index (κ1) is 10.5. The van der Waals surface area contributed by atoms with Gasteiger partial charge >= 0.3 is 0 Å². The van der Waals surface area contributed by atoms with Crippen LogP contribution in [0.1, 0.15) is 12.7 Å². The van der Waals surface area contributed by atoms with E-state index in [2.05, 4.69) is 20.7 Å². The van der Waals surface area contributed by atoms with Crippen molar-refractivity contribution in [2.75, 3.05) is 6.54 Å². The van der Waals surface area contributed by atoms with Crippen LogP contribution in [0.15, 0.2) is 0 Å². The van der Waals surface area contributed by atoms with E-state index in [-0.39, 0.29) is 24.9 Å². The van der Waals surface area contributed by atoms with Gasteiger partial charge in [0.1, 0.15) is 12.6 Å². The van der Waals surface area contributed by atoms with Crippen LogP contribution in [0.5, 0.6) is 0 Å². The summed E-state index contributed by atoms with van der Waals surface area (Å²) in [6, 6.07) is -0.488. The van der Waals surface area contributed by atoms with Gasteiger partial charge < -0.3 is 10.2 Å². The second kappa shape index (κ2) is 3.87. The first-order chi connectivity index (χ1) is 7.56. The molecule has 0 spiro atoms. The van der Waals surface area contributed by atoms with Gasteiger partial charge in [0.2, 0.25) is 11.8 Å². The Hall–Kier alpha value is -1.99. The number of nitrogens with zero attached hydrogens (tertiary/aromatic N) is 5. The molecule has 1 unspecified atom stereocenters. The molecular weight excluding hydrogens is 212 g/mol. The van der Waals surface area contributed by atoms with Crippen LogP contribution in [0, 0.1) is 0 Å². The fraction of sp³-hybridized carbons (Fsp3) is 0.625. The van der Waals surface area contributed by atoms with Crippen LogP contribution in [-0.4, -0.2) is 49.5 Å². The molecule has 86 valence electrons. The number of aromatic nitrogens is 4. The molecule has 1 aliphatic rings. The fourth-order valence-electron chi connectivity index (χ4n) is 1.57. The quantitative estimate of drug-likeness (QED) is 0.630. The average molecular weight is 224 g/mol. The molecule has 0 bridgehead atoms. The largest absolute Gasteiger partial charge is 0.343 e. The van der Waals surface area contributed by atoms with Gasteiger partial charge in [-0.3, -0.25) is 9.59 Å². The van der Waals surface area contributed by atoms with Gasteiger partial charge in [0.15, 0.2) is 5.82 Å². The lowest BCUT2D eigenvalue weighted by Gasteiger charge is -2.29. The molecule has 1 N–H and O–H groups in total. The van der Waals surface area contributed by atoms with Gasteiger partial charge in [-0.05, 0) is 12.1 Å². The molecule has 2 heterocycles. The lowest BCUT2D eigenvalue weighted by Crippen LogP contribution is -2.56. The molecule has 16 heavy (non-hydrogen) atoms. The van der Waals surface area contributed by atoms with Crippen molar-refractivity contribution in [2.24, 2.45) is 7.05 Å². The van der Waals surface area contributed by atoms with E-state index in [1.165, 1.54) is 9.70 Å². The zero-order valence-corrected chi connectivity index (χ0v) is 9.04. The Labute approximate surface area is 91.6 Å². The van der Waals surface area contributed by atoms with E-state index in [1.54, 1.807) is 14.0 Å². The Morgan fingerprint density at radius 2 is 2.25 bits per heavy atom. The van der Waals surface area contributed by atoms with Gasteiger partial charge in [-0.25, -0.2) is 0 Å². The number of rotatable bonds is 2. The van der Waals surface area contributed by atoms with Crippen LogP contribution in [0.4, 0.5) is 0 Å². The highest BCUT2D eigenvalue weighted by Crippen LogP contribution is 2.05. The van der Waals surface area contributed by atoms with E-state index >= 15 is 0 Å². The smallest absolute Gasteiger partial charge is 0.245 e. The van der Waals surface area contributed by atoms with Gasteiger partial charge in [0, 0.05) is 0 Å². The summed E-state index contributed by atoms with van der Waals surface area (Å²) >= 11 is 0. The van der Waals surface area contributed by atoms with E-state index in [9.17, 15) is 9.59 Å². The Bertz CT molecular complexity index is 428. The average Bonchev–Trinajstić information content (AvgIpc) is 2.60. The molecule has 1 saturated heterocycles. The molecular formula is C8H12N6O2. The van der Waals surface area contributed by atoms with Gasteiger partial charge in [0.05, 0.1) is 13.6 Å². The van der Waals surface area contributed by atoms with Gasteiger partial charge in [-0.2, -0.15) is 4.80 Å². The van der Waals surface area contributed by atoms with Crippen LogP contribution < -0.4 is 5.32 Å². The van der Waals surface area contributed by atoms with Gasteiger partial charge in [-0.1, -0.05) is 0 Å². The third kappa shape index (κ3) is 2.00. The molecule has 0 radical (unpaired) electrons. The van der Waals surface area contributed by atoms with Crippen LogP contribution in [0.25, 0.3) is 0 Å². The molecule has 1 aromatic rings. The lowest BCUT2D eigenvalue weighted by atomic mass is 10.2. The third-order valence-corrected chi connectivity index (χ3v) is 2.28. The topological polar surface area (TPSA) is 93.0 Å². The number of carbonyl (C=O) groups is 2. The highest BCUT2D eigenvalue weighted by Gasteiger charge is 2.30. The predicted octanol–water partition coefficient (Wildman–Crippen LogP) is -1.94. The molecule has 8 nitrogen and oxygen atoms in total. The second-order valence-corrected chi connectivity index (χ2v) is 3.68. The molecule has 2 rings (SSSR count). The Balaban J connectivity index is 2.08. The van der Waals surface area contributed by atoms with Gasteiger partial charge in [-0.15, -0.1) is 10.2 Å².